The number of hydrogen-bond donors (Lipinski definition) is 3. The maximum atomic E-state index is 8.98. The van der Waals surface area contributed by atoms with Crippen LogP contribution in [0, 0.1) is 11.8 Å². The van der Waals surface area contributed by atoms with Crippen LogP contribution in [0.15, 0.2) is 11.6 Å². The molecule has 12 heavy (non-hydrogen) atoms. The normalized spacial score (nSPS) is 30.1. The van der Waals surface area contributed by atoms with Crippen molar-refractivity contribution >= 4 is 12.6 Å². The van der Waals surface area contributed by atoms with Gasteiger partial charge in [-0.3, -0.25) is 0 Å². The van der Waals surface area contributed by atoms with Crippen LogP contribution in [0.3, 0.4) is 0 Å². The number of allylic oxidation sites excluding steroid dienone is 1. The summed E-state index contributed by atoms with van der Waals surface area (Å²) in [5.74, 6) is 1.57. The third-order valence-electron chi connectivity index (χ3n) is 2.35. The van der Waals surface area contributed by atoms with Crippen molar-refractivity contribution in [1.82, 2.24) is 0 Å². The van der Waals surface area contributed by atoms with Crippen LogP contribution in [0.25, 0.3) is 0 Å². The predicted molar refractivity (Wildman–Crippen MR) is 52.3 cm³/mol. The van der Waals surface area contributed by atoms with Gasteiger partial charge in [-0.2, -0.15) is 12.6 Å². The monoisotopic (exact) mass is 188 g/mol. The minimum atomic E-state index is 0.126. The van der Waals surface area contributed by atoms with Crippen LogP contribution in [-0.2, 0) is 0 Å². The molecule has 0 heterocycles. The van der Waals surface area contributed by atoms with Gasteiger partial charge in [0.15, 0.2) is 0 Å². The Morgan fingerprint density at radius 2 is 2.25 bits per heavy atom. The van der Waals surface area contributed by atoms with Gasteiger partial charge in [0.05, 0.1) is 6.61 Å². The van der Waals surface area contributed by atoms with Crippen LogP contribution in [0.5, 0.6) is 0 Å². The summed E-state index contributed by atoms with van der Waals surface area (Å²) in [5, 5.41) is 17.9. The van der Waals surface area contributed by atoms with Crippen molar-refractivity contribution in [3.8, 4) is 0 Å². The van der Waals surface area contributed by atoms with E-state index in [-0.39, 0.29) is 13.2 Å². The molecule has 0 saturated heterocycles. The molecule has 0 spiro atoms. The molecule has 0 radical (unpaired) electrons. The average Bonchev–Trinajstić information content (AvgIpc) is 2.16. The second-order valence-corrected chi connectivity index (χ2v) is 3.78. The first-order valence-electron chi connectivity index (χ1n) is 4.32. The van der Waals surface area contributed by atoms with Gasteiger partial charge in [0.25, 0.3) is 0 Å². The van der Waals surface area contributed by atoms with Gasteiger partial charge in [-0.15, -0.1) is 0 Å². The van der Waals surface area contributed by atoms with Crippen molar-refractivity contribution in [1.29, 1.82) is 0 Å². The number of thiol groups is 1. The molecule has 1 aliphatic rings. The van der Waals surface area contributed by atoms with Crippen molar-refractivity contribution in [2.75, 3.05) is 19.0 Å². The van der Waals surface area contributed by atoms with Gasteiger partial charge in [-0.05, 0) is 36.0 Å². The molecule has 0 aromatic heterocycles. The van der Waals surface area contributed by atoms with E-state index in [0.717, 1.165) is 24.2 Å². The molecule has 70 valence electrons. The lowest BCUT2D eigenvalue weighted by Crippen LogP contribution is -2.19. The molecular formula is C9H16O2S. The summed E-state index contributed by atoms with van der Waals surface area (Å²) in [5.41, 5.74) is 1.05. The van der Waals surface area contributed by atoms with Gasteiger partial charge >= 0.3 is 0 Å². The quantitative estimate of drug-likeness (QED) is 0.454. The minimum absolute atomic E-state index is 0.126. The molecule has 1 rings (SSSR count). The van der Waals surface area contributed by atoms with E-state index in [1.807, 2.05) is 0 Å². The molecule has 0 bridgehead atoms. The highest BCUT2D eigenvalue weighted by Gasteiger charge is 2.20. The number of hydrogen-bond acceptors (Lipinski definition) is 3. The summed E-state index contributed by atoms with van der Waals surface area (Å²) >= 11 is 4.21. The fourth-order valence-electron chi connectivity index (χ4n) is 1.74. The number of rotatable bonds is 3. The Morgan fingerprint density at radius 1 is 1.50 bits per heavy atom. The largest absolute Gasteiger partial charge is 0.396 e. The third kappa shape index (κ3) is 2.51. The Bertz CT molecular complexity index is 168. The van der Waals surface area contributed by atoms with Crippen molar-refractivity contribution in [3.63, 3.8) is 0 Å². The maximum Gasteiger partial charge on any atom is 0.0641 e. The summed E-state index contributed by atoms with van der Waals surface area (Å²) in [6, 6.07) is 0. The van der Waals surface area contributed by atoms with Crippen molar-refractivity contribution in [2.24, 2.45) is 11.8 Å². The summed E-state index contributed by atoms with van der Waals surface area (Å²) in [4.78, 5) is 0. The van der Waals surface area contributed by atoms with E-state index in [0.29, 0.717) is 11.8 Å². The zero-order valence-electron chi connectivity index (χ0n) is 7.11. The first-order valence-corrected chi connectivity index (χ1v) is 4.95. The number of aliphatic hydroxyl groups excluding tert-OH is 2. The highest BCUT2D eigenvalue weighted by Crippen LogP contribution is 2.28. The van der Waals surface area contributed by atoms with E-state index < -0.39 is 0 Å². The topological polar surface area (TPSA) is 40.5 Å². The Labute approximate surface area is 78.7 Å². The van der Waals surface area contributed by atoms with Crippen LogP contribution >= 0.6 is 12.6 Å². The van der Waals surface area contributed by atoms with Crippen LogP contribution < -0.4 is 0 Å². The summed E-state index contributed by atoms with van der Waals surface area (Å²) in [7, 11) is 0. The molecule has 0 aromatic rings. The lowest BCUT2D eigenvalue weighted by Gasteiger charge is -2.25. The molecule has 1 aliphatic carbocycles. The molecular weight excluding hydrogens is 172 g/mol. The zero-order chi connectivity index (χ0) is 8.97. The van der Waals surface area contributed by atoms with E-state index in [2.05, 4.69) is 18.7 Å². The molecule has 0 saturated carbocycles. The molecule has 0 amide bonds. The summed E-state index contributed by atoms with van der Waals surface area (Å²) < 4.78 is 0. The second kappa shape index (κ2) is 4.90. The van der Waals surface area contributed by atoms with E-state index in [9.17, 15) is 0 Å². The Hall–Kier alpha value is 0.01000. The van der Waals surface area contributed by atoms with E-state index >= 15 is 0 Å². The molecule has 0 unspecified atom stereocenters. The highest BCUT2D eigenvalue weighted by atomic mass is 32.1. The van der Waals surface area contributed by atoms with Crippen LogP contribution in [0.4, 0.5) is 0 Å². The van der Waals surface area contributed by atoms with Crippen LogP contribution in [-0.4, -0.2) is 29.2 Å². The smallest absolute Gasteiger partial charge is 0.0641 e. The second-order valence-electron chi connectivity index (χ2n) is 3.41. The summed E-state index contributed by atoms with van der Waals surface area (Å²) in [6.45, 7) is 0.350. The van der Waals surface area contributed by atoms with E-state index in [1.165, 1.54) is 0 Å². The molecule has 3 heteroatoms. The lowest BCUT2D eigenvalue weighted by atomic mass is 9.84. The predicted octanol–water partition coefficient (Wildman–Crippen LogP) is 0.853. The molecule has 2 N–H and O–H groups in total. The molecule has 0 fully saturated rings. The van der Waals surface area contributed by atoms with E-state index in [4.69, 9.17) is 10.2 Å². The third-order valence-corrected chi connectivity index (χ3v) is 2.82. The van der Waals surface area contributed by atoms with Gasteiger partial charge in [-0.25, -0.2) is 0 Å². The van der Waals surface area contributed by atoms with Crippen molar-refractivity contribution in [3.05, 3.63) is 11.6 Å². The first-order chi connectivity index (χ1) is 5.80. The van der Waals surface area contributed by atoms with Gasteiger partial charge in [0.2, 0.25) is 0 Å². The van der Waals surface area contributed by atoms with Gasteiger partial charge in [0.1, 0.15) is 0 Å². The Morgan fingerprint density at radius 3 is 2.75 bits per heavy atom. The maximum absolute atomic E-state index is 8.98. The first kappa shape index (κ1) is 10.1. The fraction of sp³-hybridized carbons (Fsp3) is 0.778. The van der Waals surface area contributed by atoms with Crippen LogP contribution in [0.1, 0.15) is 12.8 Å². The Balaban J connectivity index is 2.57. The highest BCUT2D eigenvalue weighted by molar-refractivity contribution is 7.80. The fourth-order valence-corrected chi connectivity index (χ4v) is 1.99. The SMILES string of the molecule is OCC1=C[C@@H](CS)C[C@@H](CO)C1. The zero-order valence-corrected chi connectivity index (χ0v) is 8.00. The van der Waals surface area contributed by atoms with Gasteiger partial charge in [-0.1, -0.05) is 6.08 Å². The van der Waals surface area contributed by atoms with Crippen LogP contribution in [0.2, 0.25) is 0 Å². The lowest BCUT2D eigenvalue weighted by molar-refractivity contribution is 0.196. The van der Waals surface area contributed by atoms with Gasteiger partial charge < -0.3 is 10.2 Å². The Kier molecular flexibility index (Phi) is 4.12. The van der Waals surface area contributed by atoms with Crippen molar-refractivity contribution < 1.29 is 10.2 Å². The van der Waals surface area contributed by atoms with Crippen molar-refractivity contribution in [2.45, 2.75) is 12.8 Å². The van der Waals surface area contributed by atoms with E-state index in [1.54, 1.807) is 0 Å². The standard InChI is InChI=1S/C9H16O2S/c10-4-7-1-8(5-11)3-9(2-7)6-12/h2,8-12H,1,3-6H2/t8-,9+/m0/s1. The average molecular weight is 188 g/mol. The molecule has 2 nitrogen and oxygen atoms in total. The summed E-state index contributed by atoms with van der Waals surface area (Å²) in [6.07, 6.45) is 3.94. The molecule has 0 aliphatic heterocycles. The van der Waals surface area contributed by atoms with Gasteiger partial charge in [0, 0.05) is 6.61 Å². The minimum Gasteiger partial charge on any atom is -0.396 e. The number of aliphatic hydroxyl groups is 2. The molecule has 2 atom stereocenters. The molecule has 0 aromatic carbocycles.